The van der Waals surface area contributed by atoms with Crippen molar-refractivity contribution in [3.63, 3.8) is 0 Å². The number of alkyl carbamates (subject to hydrolysis) is 1. The maximum Gasteiger partial charge on any atom is 0.407 e. The third-order valence-electron chi connectivity index (χ3n) is 5.07. The van der Waals surface area contributed by atoms with Gasteiger partial charge in [0.2, 0.25) is 11.9 Å². The molecule has 1 aliphatic heterocycles. The second-order valence-corrected chi connectivity index (χ2v) is 9.85. The number of hydrogen-bond acceptors (Lipinski definition) is 10. The van der Waals surface area contributed by atoms with Gasteiger partial charge in [-0.1, -0.05) is 11.6 Å². The number of amides is 1. The molecule has 0 radical (unpaired) electrons. The van der Waals surface area contributed by atoms with Crippen LogP contribution in [-0.4, -0.2) is 85.4 Å². The van der Waals surface area contributed by atoms with Crippen molar-refractivity contribution in [2.75, 3.05) is 63.3 Å². The largest absolute Gasteiger partial charge is 0.444 e. The average Bonchev–Trinajstić information content (AvgIpc) is 3.37. The molecule has 12 heteroatoms. The monoisotopic (exact) mass is 536 g/mol. The van der Waals surface area contributed by atoms with E-state index in [4.69, 9.17) is 30.5 Å². The van der Waals surface area contributed by atoms with Crippen LogP contribution in [0.4, 0.5) is 16.7 Å². The minimum atomic E-state index is -0.520. The Bertz CT molecular complexity index is 967. The lowest BCUT2D eigenvalue weighted by Crippen LogP contribution is -2.34. The number of carbonyl (C=O) groups excluding carboxylic acids is 1. The number of carbonyl (C=O) groups is 1. The fraction of sp³-hybridized carbons (Fsp3) is 0.600. The first-order chi connectivity index (χ1) is 17.8. The van der Waals surface area contributed by atoms with Crippen LogP contribution in [0.3, 0.4) is 0 Å². The number of benzene rings is 1. The van der Waals surface area contributed by atoms with Crippen molar-refractivity contribution >= 4 is 29.6 Å². The van der Waals surface area contributed by atoms with Gasteiger partial charge in [-0.05, 0) is 57.9 Å². The third kappa shape index (κ3) is 11.5. The van der Waals surface area contributed by atoms with Gasteiger partial charge in [0.1, 0.15) is 5.60 Å². The van der Waals surface area contributed by atoms with Crippen LogP contribution in [0.2, 0.25) is 5.02 Å². The number of rotatable bonds is 14. The summed E-state index contributed by atoms with van der Waals surface area (Å²) in [5, 5.41) is 9.75. The zero-order chi connectivity index (χ0) is 26.5. The Morgan fingerprint density at radius 3 is 2.32 bits per heavy atom. The first-order valence-corrected chi connectivity index (χ1v) is 12.9. The maximum atomic E-state index is 11.6. The van der Waals surface area contributed by atoms with E-state index in [1.165, 1.54) is 0 Å². The highest BCUT2D eigenvalue weighted by Gasteiger charge is 2.17. The molecule has 3 N–H and O–H groups in total. The Kier molecular flexibility index (Phi) is 11.6. The van der Waals surface area contributed by atoms with Crippen molar-refractivity contribution in [2.24, 2.45) is 0 Å². The fourth-order valence-electron chi connectivity index (χ4n) is 3.37. The molecule has 1 aliphatic rings. The quantitative estimate of drug-likeness (QED) is 0.307. The van der Waals surface area contributed by atoms with Crippen LogP contribution in [0.25, 0.3) is 11.4 Å². The van der Waals surface area contributed by atoms with Gasteiger partial charge in [-0.3, -0.25) is 0 Å². The summed E-state index contributed by atoms with van der Waals surface area (Å²) >= 11 is 6.03. The molecule has 2 aromatic rings. The minimum absolute atomic E-state index is 0.163. The van der Waals surface area contributed by atoms with Gasteiger partial charge in [0, 0.05) is 36.8 Å². The second kappa shape index (κ2) is 14.9. The molecule has 37 heavy (non-hydrogen) atoms. The van der Waals surface area contributed by atoms with Gasteiger partial charge in [0.15, 0.2) is 5.82 Å². The average molecular weight is 537 g/mol. The predicted octanol–water partition coefficient (Wildman–Crippen LogP) is 3.75. The number of nitrogens with one attached hydrogen (secondary N) is 3. The van der Waals surface area contributed by atoms with E-state index in [1.54, 1.807) is 12.1 Å². The first kappa shape index (κ1) is 28.8. The topological polar surface area (TPSA) is 129 Å². The highest BCUT2D eigenvalue weighted by atomic mass is 35.5. The lowest BCUT2D eigenvalue weighted by molar-refractivity contribution is 0.0415. The number of anilines is 2. The van der Waals surface area contributed by atoms with Crippen LogP contribution < -0.4 is 16.0 Å². The molecule has 204 valence electrons. The number of aromatic nitrogens is 3. The maximum absolute atomic E-state index is 11.6. The Morgan fingerprint density at radius 2 is 1.68 bits per heavy atom. The van der Waals surface area contributed by atoms with Crippen LogP contribution in [0.1, 0.15) is 33.6 Å². The molecule has 0 bridgehead atoms. The molecule has 1 aromatic carbocycles. The van der Waals surface area contributed by atoms with Gasteiger partial charge in [0.05, 0.1) is 32.5 Å². The molecule has 1 saturated heterocycles. The highest BCUT2D eigenvalue weighted by Crippen LogP contribution is 2.21. The summed E-state index contributed by atoms with van der Waals surface area (Å²) in [6, 6.07) is 7.35. The van der Waals surface area contributed by atoms with E-state index < -0.39 is 11.7 Å². The van der Waals surface area contributed by atoms with Gasteiger partial charge in [-0.15, -0.1) is 0 Å². The van der Waals surface area contributed by atoms with Crippen molar-refractivity contribution in [2.45, 2.75) is 45.3 Å². The number of ether oxygens (including phenoxy) is 4. The number of halogens is 1. The van der Waals surface area contributed by atoms with E-state index in [2.05, 4.69) is 30.9 Å². The predicted molar refractivity (Wildman–Crippen MR) is 142 cm³/mol. The Morgan fingerprint density at radius 1 is 1.00 bits per heavy atom. The lowest BCUT2D eigenvalue weighted by atomic mass is 10.2. The summed E-state index contributed by atoms with van der Waals surface area (Å²) in [6.45, 7) is 9.42. The lowest BCUT2D eigenvalue weighted by Gasteiger charge is -2.19. The summed E-state index contributed by atoms with van der Waals surface area (Å²) in [5.41, 5.74) is 0.318. The van der Waals surface area contributed by atoms with Gasteiger partial charge in [0.25, 0.3) is 0 Å². The smallest absolute Gasteiger partial charge is 0.407 e. The Hall–Kier alpha value is -2.73. The summed E-state index contributed by atoms with van der Waals surface area (Å²) < 4.78 is 21.9. The van der Waals surface area contributed by atoms with Crippen molar-refractivity contribution < 1.29 is 23.7 Å². The molecule has 1 atom stereocenters. The Balaban J connectivity index is 1.38. The summed E-state index contributed by atoms with van der Waals surface area (Å²) in [5.74, 6) is 1.47. The fourth-order valence-corrected chi connectivity index (χ4v) is 3.49. The molecule has 0 saturated carbocycles. The van der Waals surface area contributed by atoms with Crippen molar-refractivity contribution in [1.82, 2.24) is 20.3 Å². The zero-order valence-corrected chi connectivity index (χ0v) is 22.5. The molecular formula is C25H37ClN6O5. The molecule has 1 fully saturated rings. The van der Waals surface area contributed by atoms with Crippen molar-refractivity contribution in [1.29, 1.82) is 0 Å². The minimum Gasteiger partial charge on any atom is -0.444 e. The normalized spacial score (nSPS) is 15.4. The van der Waals surface area contributed by atoms with E-state index in [1.807, 2.05) is 32.9 Å². The van der Waals surface area contributed by atoms with Crippen molar-refractivity contribution in [3.8, 4) is 11.4 Å². The molecule has 3 rings (SSSR count). The third-order valence-corrected chi connectivity index (χ3v) is 5.32. The standard InChI is InChI=1S/C25H37ClN6O5/c1-25(2,3)37-24(33)28-11-14-35-16-15-34-13-10-27-22-30-21(18-6-8-19(26)9-7-18)31-23(32-22)29-17-20-5-4-12-36-20/h6-9,20H,4-5,10-17H2,1-3H3,(H,28,33)(H2,27,29,30,31,32). The molecule has 1 unspecified atom stereocenters. The molecule has 1 amide bonds. The van der Waals surface area contributed by atoms with Gasteiger partial charge < -0.3 is 34.9 Å². The van der Waals surface area contributed by atoms with Gasteiger partial charge in [-0.25, -0.2) is 4.79 Å². The number of nitrogens with zero attached hydrogens (tertiary/aromatic N) is 3. The highest BCUT2D eigenvalue weighted by molar-refractivity contribution is 6.30. The summed E-state index contributed by atoms with van der Waals surface area (Å²) in [4.78, 5) is 25.2. The van der Waals surface area contributed by atoms with E-state index in [9.17, 15) is 4.79 Å². The van der Waals surface area contributed by atoms with Gasteiger partial charge >= 0.3 is 6.09 Å². The Labute approximate surface area is 223 Å². The molecule has 11 nitrogen and oxygen atoms in total. The first-order valence-electron chi connectivity index (χ1n) is 12.5. The molecule has 2 heterocycles. The van der Waals surface area contributed by atoms with E-state index in [0.29, 0.717) is 68.8 Å². The van der Waals surface area contributed by atoms with Crippen LogP contribution in [0.5, 0.6) is 0 Å². The summed E-state index contributed by atoms with van der Waals surface area (Å²) in [7, 11) is 0. The van der Waals surface area contributed by atoms with Crippen molar-refractivity contribution in [3.05, 3.63) is 29.3 Å². The molecule has 0 aliphatic carbocycles. The molecule has 1 aromatic heterocycles. The van der Waals surface area contributed by atoms with E-state index in [-0.39, 0.29) is 6.10 Å². The van der Waals surface area contributed by atoms with E-state index >= 15 is 0 Å². The van der Waals surface area contributed by atoms with Crippen LogP contribution in [0.15, 0.2) is 24.3 Å². The molecular weight excluding hydrogens is 500 g/mol. The SMILES string of the molecule is CC(C)(C)OC(=O)NCCOCCOCCNc1nc(NCC2CCCO2)nc(-c2ccc(Cl)cc2)n1. The van der Waals surface area contributed by atoms with Crippen LogP contribution in [0, 0.1) is 0 Å². The number of hydrogen-bond donors (Lipinski definition) is 3. The van der Waals surface area contributed by atoms with Crippen LogP contribution >= 0.6 is 11.6 Å². The van der Waals surface area contributed by atoms with E-state index in [0.717, 1.165) is 25.0 Å². The summed E-state index contributed by atoms with van der Waals surface area (Å²) in [6.07, 6.45) is 1.80. The van der Waals surface area contributed by atoms with Crippen LogP contribution in [-0.2, 0) is 18.9 Å². The zero-order valence-electron chi connectivity index (χ0n) is 21.7. The molecule has 0 spiro atoms. The van der Waals surface area contributed by atoms with Gasteiger partial charge in [-0.2, -0.15) is 15.0 Å². The second-order valence-electron chi connectivity index (χ2n) is 9.41.